The molecule has 2 rings (SSSR count). The number of aldehydes is 1. The minimum absolute atomic E-state index is 0.0336. The van der Waals surface area contributed by atoms with Gasteiger partial charge in [0, 0.05) is 74.2 Å². The van der Waals surface area contributed by atoms with E-state index in [4.69, 9.17) is 57.3 Å². The fourth-order valence-corrected chi connectivity index (χ4v) is 12.8. The topological polar surface area (TPSA) is 519 Å². The van der Waals surface area contributed by atoms with E-state index in [2.05, 4.69) is 16.0 Å². The Morgan fingerprint density at radius 1 is 0.496 bits per heavy atom. The van der Waals surface area contributed by atoms with Gasteiger partial charge in [-0.2, -0.15) is 8.42 Å². The number of nitrogens with two attached hydrogens (primary N) is 1. The second-order valence-electron chi connectivity index (χ2n) is 32.1. The predicted molar refractivity (Wildman–Crippen MR) is 421 cm³/mol. The number of sulfone groups is 3. The number of amides is 5. The summed E-state index contributed by atoms with van der Waals surface area (Å²) in [6, 6.07) is 2.78. The molecule has 0 unspecified atom stereocenters. The quantitative estimate of drug-likeness (QED) is 0.0124. The van der Waals surface area contributed by atoms with Crippen molar-refractivity contribution in [3.63, 3.8) is 0 Å². The highest BCUT2D eigenvalue weighted by molar-refractivity contribution is 7.97. The van der Waals surface area contributed by atoms with E-state index in [-0.39, 0.29) is 81.9 Å². The molecule has 0 aliphatic carbocycles. The van der Waals surface area contributed by atoms with Crippen LogP contribution in [0, 0.1) is 6.92 Å². The third-order valence-corrected chi connectivity index (χ3v) is 18.2. The number of nitrogens with zero attached hydrogens (tertiary/aromatic N) is 1. The molecule has 1 fully saturated rings. The predicted octanol–water partition coefficient (Wildman–Crippen LogP) is 9.86. The van der Waals surface area contributed by atoms with Crippen molar-refractivity contribution < 1.29 is 143 Å². The summed E-state index contributed by atoms with van der Waals surface area (Å²) in [4.78, 5) is 133. The molecule has 1 aliphatic rings. The van der Waals surface area contributed by atoms with Crippen LogP contribution in [-0.2, 0) is 130 Å². The largest absolute Gasteiger partial charge is 0.460 e. The maximum Gasteiger partial charge on any atom is 0.408 e. The van der Waals surface area contributed by atoms with Gasteiger partial charge in [0.25, 0.3) is 21.9 Å². The Kier molecular flexibility index (Phi) is 49.0. The zero-order valence-corrected chi connectivity index (χ0v) is 74.7. The molecule has 654 valence electrons. The molecule has 41 heteroatoms. The van der Waals surface area contributed by atoms with Crippen LogP contribution in [-0.4, -0.2) is 210 Å². The van der Waals surface area contributed by atoms with E-state index in [0.717, 1.165) is 35.1 Å². The summed E-state index contributed by atoms with van der Waals surface area (Å²) >= 11 is 0. The average molecular weight is 1720 g/mol. The number of nitrogens with one attached hydrogen (secondary N) is 3. The van der Waals surface area contributed by atoms with Gasteiger partial charge in [-0.1, -0.05) is 29.8 Å². The van der Waals surface area contributed by atoms with Gasteiger partial charge in [-0.15, -0.1) is 5.06 Å². The van der Waals surface area contributed by atoms with Gasteiger partial charge >= 0.3 is 55.7 Å². The van der Waals surface area contributed by atoms with Crippen molar-refractivity contribution in [1.82, 2.24) is 21.0 Å². The number of hydroxylamine groups is 2. The Morgan fingerprint density at radius 3 is 1.12 bits per heavy atom. The van der Waals surface area contributed by atoms with Gasteiger partial charge in [0.1, 0.15) is 51.5 Å². The van der Waals surface area contributed by atoms with Gasteiger partial charge in [-0.05, 0) is 204 Å². The number of alkyl carbamates (subject to hydrolysis) is 3. The van der Waals surface area contributed by atoms with Crippen LogP contribution in [0.3, 0.4) is 0 Å². The molecule has 1 aliphatic heterocycles. The zero-order chi connectivity index (χ0) is 89.6. The van der Waals surface area contributed by atoms with E-state index in [0.29, 0.717) is 17.8 Å². The Morgan fingerprint density at radius 2 is 0.805 bits per heavy atom. The van der Waals surface area contributed by atoms with Gasteiger partial charge in [0.05, 0.1) is 30.2 Å². The van der Waals surface area contributed by atoms with Crippen molar-refractivity contribution in [3.8, 4) is 0 Å². The lowest BCUT2D eigenvalue weighted by Gasteiger charge is -2.24. The molecule has 36 nitrogen and oxygen atoms in total. The van der Waals surface area contributed by atoms with Gasteiger partial charge in [0.2, 0.25) is 0 Å². The van der Waals surface area contributed by atoms with Crippen LogP contribution >= 0.6 is 7.60 Å². The molecule has 1 aromatic rings. The molecular formula is C72H126N5O31PS4. The smallest absolute Gasteiger partial charge is 0.408 e. The third-order valence-electron chi connectivity index (χ3n) is 11.5. The number of benzene rings is 1. The monoisotopic (exact) mass is 1720 g/mol. The van der Waals surface area contributed by atoms with Crippen molar-refractivity contribution in [2.45, 2.75) is 299 Å². The van der Waals surface area contributed by atoms with Gasteiger partial charge in [-0.25, -0.2) is 44.4 Å². The van der Waals surface area contributed by atoms with E-state index in [1.54, 1.807) is 171 Å². The number of aryl methyl sites for hydroxylation is 1. The number of hydrogen-bond acceptors (Lipinski definition) is 31. The fraction of sp³-hybridized carbons (Fsp3) is 0.708. The fourth-order valence-electron chi connectivity index (χ4n) is 7.56. The highest BCUT2D eigenvalue weighted by atomic mass is 32.2. The maximum atomic E-state index is 12.4. The van der Waals surface area contributed by atoms with Crippen LogP contribution < -0.4 is 21.7 Å². The molecule has 0 bridgehead atoms. The Balaban J connectivity index is -0.000000647. The molecule has 0 saturated carbocycles. The third kappa shape index (κ3) is 70.9. The van der Waals surface area contributed by atoms with Crippen LogP contribution in [0.2, 0.25) is 0 Å². The molecule has 1 aromatic carbocycles. The summed E-state index contributed by atoms with van der Waals surface area (Å²) in [7, 11) is -17.3. The van der Waals surface area contributed by atoms with E-state index in [9.17, 15) is 91.0 Å². The van der Waals surface area contributed by atoms with Crippen LogP contribution in [0.15, 0.2) is 52.1 Å². The Labute approximate surface area is 668 Å². The summed E-state index contributed by atoms with van der Waals surface area (Å²) in [6.07, 6.45) is 4.64. The van der Waals surface area contributed by atoms with E-state index >= 15 is 0 Å². The van der Waals surface area contributed by atoms with Crippen molar-refractivity contribution in [1.29, 1.82) is 0 Å². The lowest BCUT2D eigenvalue weighted by atomic mass is 10.1. The number of carbonyl (C=O) groups is 11. The summed E-state index contributed by atoms with van der Waals surface area (Å²) in [5, 5.41) is 9.66. The lowest BCUT2D eigenvalue weighted by molar-refractivity contribution is -0.199. The summed E-state index contributed by atoms with van der Waals surface area (Å²) in [5.74, 6) is -4.10. The van der Waals surface area contributed by atoms with Crippen LogP contribution in [0.1, 0.15) is 229 Å². The highest BCUT2D eigenvalue weighted by Gasteiger charge is 2.37. The number of hydrogen-bond donors (Lipinski definition) is 5. The molecule has 1 saturated heterocycles. The van der Waals surface area contributed by atoms with E-state index in [1.807, 2.05) is 6.92 Å². The molecule has 1 heterocycles. The van der Waals surface area contributed by atoms with Gasteiger partial charge in [0.15, 0.2) is 35.0 Å². The van der Waals surface area contributed by atoms with E-state index < -0.39 is 170 Å². The number of rotatable bonds is 29. The Hall–Kier alpha value is -7.46. The summed E-state index contributed by atoms with van der Waals surface area (Å²) < 4.78 is 152. The summed E-state index contributed by atoms with van der Waals surface area (Å²) in [6.45, 7) is 41.7. The van der Waals surface area contributed by atoms with Gasteiger partial charge in [-0.3, -0.25) is 37.9 Å². The molecule has 113 heavy (non-hydrogen) atoms. The van der Waals surface area contributed by atoms with E-state index in [1.165, 1.54) is 24.3 Å². The number of imide groups is 1. The maximum absolute atomic E-state index is 12.4. The first-order valence-corrected chi connectivity index (χ1v) is 44.6. The Bertz CT molecular complexity index is 3810. The molecule has 4 atom stereocenters. The van der Waals surface area contributed by atoms with Crippen molar-refractivity contribution in [2.75, 3.05) is 37.5 Å². The second-order valence-corrected chi connectivity index (χ2v) is 42.0. The highest BCUT2D eigenvalue weighted by Crippen LogP contribution is 2.48. The molecule has 5 amide bonds. The van der Waals surface area contributed by atoms with Crippen molar-refractivity contribution >= 4 is 113 Å². The van der Waals surface area contributed by atoms with Crippen molar-refractivity contribution in [3.05, 3.63) is 52.8 Å². The molecule has 0 radical (unpaired) electrons. The van der Waals surface area contributed by atoms with Gasteiger partial charge < -0.3 is 73.5 Å². The molecule has 0 aromatic heterocycles. The first-order valence-electron chi connectivity index (χ1n) is 35.5. The minimum Gasteiger partial charge on any atom is -0.460 e. The molecular weight excluding hydrogens is 1590 g/mol. The van der Waals surface area contributed by atoms with Crippen LogP contribution in [0.4, 0.5) is 14.4 Å². The molecule has 6 N–H and O–H groups in total. The first-order chi connectivity index (χ1) is 50.5. The zero-order valence-electron chi connectivity index (χ0n) is 70.5. The summed E-state index contributed by atoms with van der Waals surface area (Å²) in [5.41, 5.74) is 1.52. The van der Waals surface area contributed by atoms with Crippen LogP contribution in [0.5, 0.6) is 0 Å². The standard InChI is InChI=1S/C18H28N2O8.C16H29NO6S.C14H25NO5.C11H21NO4S.C7H8O3S.C6H15O5PS/c1-17(2,3)26-14(23)10-7-11(19-16(25)27-18(4,5)6)15(24)28-20-12(21)8-9-13(20)22;1-15(2,3)22-13(18)9-8-12(10-11-24(7,20)21)17-14(19)23-16(4,5)6;1-13(2,3)19-11(17)8-7-10(9-16)15-12(18)20-14(4,5)6;1-11(2,3)16-10(13)6-5-9(12)7-8-17(4,14)15;1-6-2-4-7(5-3-6)11(8,9)10;1-4-10-12(7,11-5-2)6-13(3,8)9/h11H,7-10H2,1-6H3,(H,19,25);10-12H,8-9H2,1-7H3,(H,17,19);9-10H,7-8H2,1-6H3,(H,15,18);7-9H,5-6,12H2,1-4H3;2-5H,1H3,(H,8,9,10);4-6H2,1-3H3/b;11-10+;;8-7+;;/t11-;12-;10-;9-;;/m0000../s1. The minimum atomic E-state index is -4.02. The lowest BCUT2D eigenvalue weighted by Crippen LogP contribution is -2.47. The number of esters is 4. The number of ether oxygens (including phenoxy) is 7. The second kappa shape index (κ2) is 49.5. The molecule has 0 spiro atoms. The van der Waals surface area contributed by atoms with Crippen molar-refractivity contribution in [2.24, 2.45) is 5.73 Å². The number of carbonyl (C=O) groups excluding carboxylic acids is 11. The average Bonchev–Trinajstić information content (AvgIpc) is 1.77. The van der Waals surface area contributed by atoms with Crippen LogP contribution in [0.25, 0.3) is 0 Å². The normalized spacial score (nSPS) is 14.2. The SMILES string of the molecule is CC(C)(C)OC(=O)CC[C@@H](/C=C/S(C)(=O)=O)NC(=O)OC(C)(C)C.CC(C)(C)OC(=O)CC[C@@H](C=O)NC(=O)OC(C)(C)C.CC(C)(C)OC(=O)CC[C@H](N)/C=C/S(C)(=O)=O.CC(C)(C)OC(=O)CC[C@H](NC(=O)OC(C)(C)C)C(=O)ON1C(=O)CCC1=O.CCOP(=O)(CS(C)(=O)=O)OCC.Cc1ccc(S(=O)(=O)O)cc1. The first kappa shape index (κ1) is 112.